The number of aliphatic hydroxyl groups is 1. The standard InChI is InChI=1S/C48H52ClN9O6SSi/c1-30-42(65-29-54-30)33-15-12-32(13-16-33)27-53-45(62)39-26-38(59)28-58(39)46(63)43(48(2,3)4)66-57-41(60)11-6-5-7-20-52-44(61)34-10-8-9-31(23-34)14-17-35-24-36(18-21-50-35)55-47(64)56-37-19-22-51-40(49)25-37/h8-10,12-13,15-16,18-19,21-25,29,38-39,43,59H,5-7,11,20,26-28H2,1-4H3,(H,52,61)(H,53,62)(H,57,60)(H2,50,51,55,56,64)/t38-,39+,43-/m1/s1. The Hall–Kier alpha value is -6.45. The van der Waals surface area contributed by atoms with Crippen molar-refractivity contribution in [3.8, 4) is 22.3 Å². The van der Waals surface area contributed by atoms with Gasteiger partial charge in [0.2, 0.25) is 17.7 Å². The smallest absolute Gasteiger partial charge is 0.323 e. The molecule has 2 aromatic carbocycles. The average Bonchev–Trinajstić information content (AvgIpc) is 3.90. The van der Waals surface area contributed by atoms with E-state index in [1.54, 1.807) is 53.8 Å². The number of β-amino-alcohol motifs (C(OH)–C–C–N with tert-alkyl or cyclic N) is 1. The van der Waals surface area contributed by atoms with Gasteiger partial charge in [0, 0.05) is 67.4 Å². The van der Waals surface area contributed by atoms with Crippen LogP contribution in [-0.4, -0.2) is 89.5 Å². The number of aryl methyl sites for hydroxylation is 1. The molecule has 1 fully saturated rings. The summed E-state index contributed by atoms with van der Waals surface area (Å²) in [6, 6.07) is 19.9. The summed E-state index contributed by atoms with van der Waals surface area (Å²) < 4.78 is 0. The van der Waals surface area contributed by atoms with Crippen molar-refractivity contribution in [2.45, 2.75) is 84.0 Å². The van der Waals surface area contributed by atoms with Gasteiger partial charge in [-0.3, -0.25) is 19.2 Å². The Balaban J connectivity index is 0.903. The van der Waals surface area contributed by atoms with Crippen LogP contribution in [0.15, 0.2) is 90.7 Å². The number of nitrogens with one attached hydrogen (secondary N) is 5. The van der Waals surface area contributed by atoms with Crippen LogP contribution in [0.4, 0.5) is 16.2 Å². The summed E-state index contributed by atoms with van der Waals surface area (Å²) in [6.45, 7) is 8.48. The maximum Gasteiger partial charge on any atom is 0.323 e. The zero-order chi connectivity index (χ0) is 47.2. The van der Waals surface area contributed by atoms with Crippen LogP contribution in [0.25, 0.3) is 10.4 Å². The molecule has 342 valence electrons. The molecule has 1 saturated heterocycles. The van der Waals surface area contributed by atoms with E-state index in [2.05, 4.69) is 53.0 Å². The lowest BCUT2D eigenvalue weighted by Gasteiger charge is -2.34. The normalized spacial score (nSPS) is 14.9. The molecule has 1 aliphatic rings. The SMILES string of the molecule is Cc1ncsc1-c1ccc(CNC(=O)[C@@H]2C[C@@H](O)CN2C(=O)[C@@H]([Si]NC(=O)CCCCCNC(=O)c2cccc(C#Cc3cc(NC(=O)Nc4ccnc(Cl)c4)ccn3)c2)C(C)(C)C)cc1. The number of hydrogen-bond acceptors (Lipinski definition) is 10. The molecule has 6 amide bonds. The van der Waals surface area contributed by atoms with Gasteiger partial charge >= 0.3 is 6.03 Å². The number of aromatic nitrogens is 3. The highest BCUT2D eigenvalue weighted by molar-refractivity contribution is 7.13. The topological polar surface area (TPSA) is 208 Å². The fraction of sp³-hybridized carbons (Fsp3) is 0.333. The zero-order valence-electron chi connectivity index (χ0n) is 37.1. The summed E-state index contributed by atoms with van der Waals surface area (Å²) in [7, 11) is -0.220. The second-order valence-corrected chi connectivity index (χ2v) is 19.2. The van der Waals surface area contributed by atoms with Gasteiger partial charge in [-0.2, -0.15) is 0 Å². The van der Waals surface area contributed by atoms with Crippen LogP contribution in [0, 0.1) is 24.2 Å². The van der Waals surface area contributed by atoms with Gasteiger partial charge in [-0.05, 0) is 84.7 Å². The van der Waals surface area contributed by atoms with E-state index in [1.165, 1.54) is 23.4 Å². The second-order valence-electron chi connectivity index (χ2n) is 16.8. The molecule has 18 heteroatoms. The first-order valence-corrected chi connectivity index (χ1v) is 23.8. The minimum absolute atomic E-state index is 0.0431. The fourth-order valence-corrected chi connectivity index (χ4v) is 9.25. The van der Waals surface area contributed by atoms with E-state index in [-0.39, 0.29) is 64.4 Å². The quantitative estimate of drug-likeness (QED) is 0.0268. The van der Waals surface area contributed by atoms with Crippen LogP contribution >= 0.6 is 22.9 Å². The summed E-state index contributed by atoms with van der Waals surface area (Å²) in [6.07, 6.45) is 4.52. The van der Waals surface area contributed by atoms with Crippen molar-refractivity contribution >= 4 is 73.7 Å². The van der Waals surface area contributed by atoms with Gasteiger partial charge in [-0.1, -0.05) is 75.0 Å². The number of benzene rings is 2. The largest absolute Gasteiger partial charge is 0.391 e. The van der Waals surface area contributed by atoms with E-state index >= 15 is 0 Å². The maximum atomic E-state index is 14.0. The van der Waals surface area contributed by atoms with Gasteiger partial charge in [0.05, 0.1) is 27.7 Å². The number of anilines is 2. The van der Waals surface area contributed by atoms with Crippen molar-refractivity contribution in [1.29, 1.82) is 0 Å². The lowest BCUT2D eigenvalue weighted by atomic mass is 9.90. The van der Waals surface area contributed by atoms with Crippen molar-refractivity contribution in [2.24, 2.45) is 5.41 Å². The molecule has 6 rings (SSSR count). The summed E-state index contributed by atoms with van der Waals surface area (Å²) in [5.41, 5.74) is 6.05. The molecular weight excluding hydrogens is 894 g/mol. The van der Waals surface area contributed by atoms with Crippen molar-refractivity contribution in [2.75, 3.05) is 23.7 Å². The molecule has 66 heavy (non-hydrogen) atoms. The molecule has 6 N–H and O–H groups in total. The second kappa shape index (κ2) is 23.1. The Labute approximate surface area is 395 Å². The molecule has 3 atom stereocenters. The molecule has 15 nitrogen and oxygen atoms in total. The number of hydrogen-bond donors (Lipinski definition) is 6. The number of carbonyl (C=O) groups is 5. The molecule has 0 bridgehead atoms. The van der Waals surface area contributed by atoms with Crippen molar-refractivity contribution in [1.82, 2.24) is 35.5 Å². The molecule has 0 aliphatic carbocycles. The number of unbranched alkanes of at least 4 members (excludes halogenated alkanes) is 2. The first-order chi connectivity index (χ1) is 31.6. The predicted molar refractivity (Wildman–Crippen MR) is 257 cm³/mol. The number of nitrogens with zero attached hydrogens (tertiary/aromatic N) is 4. The van der Waals surface area contributed by atoms with Gasteiger partial charge in [-0.15, -0.1) is 11.3 Å². The molecule has 1 aliphatic heterocycles. The van der Waals surface area contributed by atoms with E-state index in [1.807, 2.05) is 57.5 Å². The lowest BCUT2D eigenvalue weighted by molar-refractivity contribution is -0.140. The minimum Gasteiger partial charge on any atom is -0.391 e. The number of carbonyl (C=O) groups excluding carboxylic acids is 5. The minimum atomic E-state index is -0.833. The van der Waals surface area contributed by atoms with Gasteiger partial charge in [0.15, 0.2) is 9.68 Å². The third-order valence-corrected chi connectivity index (χ3v) is 13.6. The van der Waals surface area contributed by atoms with Crippen LogP contribution in [0.5, 0.6) is 0 Å². The first-order valence-electron chi connectivity index (χ1n) is 21.5. The third-order valence-electron chi connectivity index (χ3n) is 10.6. The number of thiazole rings is 1. The Bertz CT molecular complexity index is 2590. The molecule has 2 radical (unpaired) electrons. The Kier molecular flexibility index (Phi) is 17.2. The molecule has 0 saturated carbocycles. The van der Waals surface area contributed by atoms with Crippen LogP contribution in [0.2, 0.25) is 10.7 Å². The van der Waals surface area contributed by atoms with Crippen molar-refractivity contribution in [3.05, 3.63) is 124 Å². The number of amides is 6. The number of urea groups is 1. The van der Waals surface area contributed by atoms with E-state index in [9.17, 15) is 29.1 Å². The summed E-state index contributed by atoms with van der Waals surface area (Å²) in [4.78, 5) is 83.8. The number of likely N-dealkylation sites (tertiary alicyclic amines) is 1. The highest BCUT2D eigenvalue weighted by Gasteiger charge is 2.44. The first kappa shape index (κ1) is 49.0. The maximum absolute atomic E-state index is 14.0. The molecule has 0 spiro atoms. The lowest BCUT2D eigenvalue weighted by Crippen LogP contribution is -2.50. The van der Waals surface area contributed by atoms with Gasteiger partial charge in [0.1, 0.15) is 16.9 Å². The monoisotopic (exact) mass is 945 g/mol. The molecule has 3 aromatic heterocycles. The number of halogens is 1. The van der Waals surface area contributed by atoms with E-state index in [0.29, 0.717) is 54.0 Å². The van der Waals surface area contributed by atoms with Crippen molar-refractivity contribution < 1.29 is 29.1 Å². The molecule has 0 unspecified atom stereocenters. The average molecular weight is 947 g/mol. The molecule has 5 aromatic rings. The predicted octanol–water partition coefficient (Wildman–Crippen LogP) is 6.74. The highest BCUT2D eigenvalue weighted by Crippen LogP contribution is 2.34. The Morgan fingerprint density at radius 1 is 0.909 bits per heavy atom. The van der Waals surface area contributed by atoms with E-state index in [4.69, 9.17) is 11.6 Å². The number of pyridine rings is 2. The van der Waals surface area contributed by atoms with E-state index in [0.717, 1.165) is 21.7 Å². The van der Waals surface area contributed by atoms with Crippen LogP contribution in [0.1, 0.15) is 85.7 Å². The zero-order valence-corrected chi connectivity index (χ0v) is 39.7. The summed E-state index contributed by atoms with van der Waals surface area (Å²) >= 11 is 7.46. The van der Waals surface area contributed by atoms with Crippen molar-refractivity contribution in [3.63, 3.8) is 0 Å². The Morgan fingerprint density at radius 3 is 2.36 bits per heavy atom. The summed E-state index contributed by atoms with van der Waals surface area (Å²) in [5.74, 6) is 4.95. The fourth-order valence-electron chi connectivity index (χ4n) is 7.11. The van der Waals surface area contributed by atoms with Crippen LogP contribution in [-0.2, 0) is 20.9 Å². The third kappa shape index (κ3) is 14.3. The molecule has 4 heterocycles. The van der Waals surface area contributed by atoms with E-state index < -0.39 is 29.1 Å². The Morgan fingerprint density at radius 2 is 1.65 bits per heavy atom. The van der Waals surface area contributed by atoms with Crippen LogP contribution < -0.4 is 26.2 Å². The highest BCUT2D eigenvalue weighted by atomic mass is 35.5. The number of aliphatic hydroxyl groups excluding tert-OH is 1. The van der Waals surface area contributed by atoms with Gasteiger partial charge in [-0.25, -0.2) is 19.7 Å². The number of rotatable bonds is 16. The van der Waals surface area contributed by atoms with Gasteiger partial charge in [0.25, 0.3) is 5.91 Å². The summed E-state index contributed by atoms with van der Waals surface area (Å²) in [5, 5.41) is 22.1. The molecular formula is C48H52ClN9O6SSi. The van der Waals surface area contributed by atoms with Gasteiger partial charge < -0.3 is 36.3 Å². The van der Waals surface area contributed by atoms with Crippen LogP contribution in [0.3, 0.4) is 0 Å².